The Morgan fingerprint density at radius 2 is 1.97 bits per heavy atom. The van der Waals surface area contributed by atoms with E-state index in [9.17, 15) is 34.2 Å². The van der Waals surface area contributed by atoms with Crippen LogP contribution in [0.15, 0.2) is 11.3 Å². The molecule has 14 heteroatoms. The predicted octanol–water partition coefficient (Wildman–Crippen LogP) is -1.56. The second-order valence-corrected chi connectivity index (χ2v) is 7.62. The van der Waals surface area contributed by atoms with Gasteiger partial charge in [-0.15, -0.1) is 11.8 Å². The molecule has 5 N–H and O–H groups in total. The van der Waals surface area contributed by atoms with Crippen molar-refractivity contribution in [2.75, 3.05) is 19.0 Å². The van der Waals surface area contributed by atoms with E-state index in [0.29, 0.717) is 0 Å². The summed E-state index contributed by atoms with van der Waals surface area (Å²) in [5, 5.41) is 31.9. The van der Waals surface area contributed by atoms with Crippen molar-refractivity contribution in [3.8, 4) is 0 Å². The van der Waals surface area contributed by atoms with E-state index in [1.165, 1.54) is 11.8 Å². The molecule has 2 aliphatic heterocycles. The van der Waals surface area contributed by atoms with Crippen molar-refractivity contribution >= 4 is 71.2 Å². The van der Waals surface area contributed by atoms with E-state index in [1.807, 2.05) is 0 Å². The number of carbonyl (C=O) groups excluding carboxylic acids is 3. The first kappa shape index (κ1) is 27.2. The molecule has 3 amide bonds. The maximum absolute atomic E-state index is 12.3. The summed E-state index contributed by atoms with van der Waals surface area (Å²) in [5.41, 5.74) is -0.0261. The molecule has 12 nitrogen and oxygen atoms in total. The van der Waals surface area contributed by atoms with Crippen LogP contribution in [0.3, 0.4) is 0 Å². The van der Waals surface area contributed by atoms with Gasteiger partial charge in [0.05, 0.1) is 13.2 Å². The Morgan fingerprint density at radius 3 is 2.52 bits per heavy atom. The van der Waals surface area contributed by atoms with Crippen molar-refractivity contribution in [2.24, 2.45) is 0 Å². The molecule has 2 heterocycles. The zero-order valence-electron chi connectivity index (χ0n) is 16.1. The van der Waals surface area contributed by atoms with Gasteiger partial charge in [-0.25, -0.2) is 14.4 Å². The minimum atomic E-state index is -1.32. The third-order valence-corrected chi connectivity index (χ3v) is 5.86. The van der Waals surface area contributed by atoms with Gasteiger partial charge in [0.2, 0.25) is 5.91 Å². The SMILES string of the molecule is CCOC(=O)N[C@H](CCCC(=O)NC1C(=O)N2C(C(=O)O)=C(CO)CSC12)C(=O)O.[NaH]. The average Bonchev–Trinajstić information content (AvgIpc) is 2.69. The Hall–Kier alpha value is -1.80. The molecule has 2 aliphatic rings. The standard InChI is InChI=1S/C17H23N3O9S.Na.H/c1-2-29-17(28)18-9(15(24)25)4-3-5-10(22)19-11-13(23)20-12(16(26)27)8(6-21)7-30-14(11)20;;/h9,11,14,21H,2-7H2,1H3,(H,18,28)(H,19,22)(H,24,25)(H,26,27);;/t9-,11?,14?;;/m1../s1. The Balaban J connectivity index is 0.00000480. The van der Waals surface area contributed by atoms with E-state index in [0.717, 1.165) is 4.90 Å². The number of ether oxygens (including phenoxy) is 1. The van der Waals surface area contributed by atoms with E-state index >= 15 is 0 Å². The van der Waals surface area contributed by atoms with Gasteiger partial charge in [0, 0.05) is 12.2 Å². The second kappa shape index (κ2) is 12.3. The van der Waals surface area contributed by atoms with Crippen LogP contribution in [0.25, 0.3) is 0 Å². The number of aliphatic carboxylic acids is 2. The number of nitrogens with one attached hydrogen (secondary N) is 2. The fourth-order valence-corrected chi connectivity index (χ4v) is 4.42. The Morgan fingerprint density at radius 1 is 1.29 bits per heavy atom. The van der Waals surface area contributed by atoms with Crippen LogP contribution in [0.2, 0.25) is 0 Å². The maximum atomic E-state index is 12.3. The molecule has 31 heavy (non-hydrogen) atoms. The van der Waals surface area contributed by atoms with Crippen molar-refractivity contribution in [2.45, 2.75) is 43.6 Å². The molecule has 0 aromatic carbocycles. The summed E-state index contributed by atoms with van der Waals surface area (Å²) in [6, 6.07) is -2.11. The molecular formula is C17H24N3NaO9S. The molecule has 0 aliphatic carbocycles. The van der Waals surface area contributed by atoms with Gasteiger partial charge in [0.25, 0.3) is 5.91 Å². The third kappa shape index (κ3) is 6.59. The van der Waals surface area contributed by atoms with Crippen LogP contribution < -0.4 is 10.6 Å². The first-order chi connectivity index (χ1) is 14.2. The van der Waals surface area contributed by atoms with Gasteiger partial charge in [0.1, 0.15) is 23.2 Å². The molecule has 3 atom stereocenters. The van der Waals surface area contributed by atoms with Crippen LogP contribution in [0.5, 0.6) is 0 Å². The number of hydrogen-bond acceptors (Lipinski definition) is 8. The summed E-state index contributed by atoms with van der Waals surface area (Å²) in [6.07, 6.45) is -0.838. The number of nitrogens with zero attached hydrogens (tertiary/aromatic N) is 1. The van der Waals surface area contributed by atoms with E-state index in [2.05, 4.69) is 15.4 Å². The summed E-state index contributed by atoms with van der Waals surface area (Å²) in [5.74, 6) is -3.45. The minimum absolute atomic E-state index is 0. The topological polar surface area (TPSA) is 183 Å². The number of hydrogen-bond donors (Lipinski definition) is 5. The summed E-state index contributed by atoms with van der Waals surface area (Å²) in [4.78, 5) is 59.5. The molecule has 0 aromatic rings. The second-order valence-electron chi connectivity index (χ2n) is 6.52. The average molecular weight is 469 g/mol. The predicted molar refractivity (Wildman–Crippen MR) is 109 cm³/mol. The number of alkyl carbamates (subject to hydrolysis) is 1. The Labute approximate surface area is 204 Å². The monoisotopic (exact) mass is 469 g/mol. The van der Waals surface area contributed by atoms with E-state index in [1.54, 1.807) is 6.92 Å². The Bertz CT molecular complexity index is 776. The molecule has 168 valence electrons. The number of thioether (sulfide) groups is 1. The number of β-lactam (4-membered cyclic amide) rings is 1. The third-order valence-electron chi connectivity index (χ3n) is 4.52. The molecule has 2 unspecified atom stereocenters. The number of aliphatic hydroxyl groups excluding tert-OH is 1. The first-order valence-corrected chi connectivity index (χ1v) is 10.2. The van der Waals surface area contributed by atoms with Gasteiger partial charge in [-0.1, -0.05) is 0 Å². The molecule has 2 rings (SSSR count). The Kier molecular flexibility index (Phi) is 10.8. The zero-order valence-corrected chi connectivity index (χ0v) is 16.9. The summed E-state index contributed by atoms with van der Waals surface area (Å²) >= 11 is 1.23. The van der Waals surface area contributed by atoms with Gasteiger partial charge in [-0.3, -0.25) is 14.5 Å². The van der Waals surface area contributed by atoms with Crippen LogP contribution in [0, 0.1) is 0 Å². The van der Waals surface area contributed by atoms with E-state index < -0.39 is 53.9 Å². The molecule has 1 saturated heterocycles. The van der Waals surface area contributed by atoms with Crippen LogP contribution in [-0.2, 0) is 23.9 Å². The quantitative estimate of drug-likeness (QED) is 0.185. The number of carbonyl (C=O) groups is 5. The number of carboxylic acids is 2. The number of aliphatic hydroxyl groups is 1. The van der Waals surface area contributed by atoms with Gasteiger partial charge >= 0.3 is 47.6 Å². The van der Waals surface area contributed by atoms with Crippen molar-refractivity contribution in [1.29, 1.82) is 0 Å². The number of carboxylic acid groups (broad SMARTS) is 2. The number of fused-ring (bicyclic) bond motifs is 1. The fraction of sp³-hybridized carbons (Fsp3) is 0.588. The molecule has 1 fully saturated rings. The van der Waals surface area contributed by atoms with Gasteiger partial charge in [-0.2, -0.15) is 0 Å². The first-order valence-electron chi connectivity index (χ1n) is 9.17. The van der Waals surface area contributed by atoms with E-state index in [4.69, 9.17) is 5.11 Å². The summed E-state index contributed by atoms with van der Waals surface area (Å²) in [7, 11) is 0. The number of rotatable bonds is 10. The van der Waals surface area contributed by atoms with Crippen LogP contribution >= 0.6 is 11.8 Å². The van der Waals surface area contributed by atoms with E-state index in [-0.39, 0.29) is 72.4 Å². The number of amides is 3. The zero-order chi connectivity index (χ0) is 22.4. The van der Waals surface area contributed by atoms with Crippen molar-refractivity contribution in [3.63, 3.8) is 0 Å². The molecule has 0 radical (unpaired) electrons. The van der Waals surface area contributed by atoms with Crippen molar-refractivity contribution in [3.05, 3.63) is 11.3 Å². The molecule has 0 saturated carbocycles. The van der Waals surface area contributed by atoms with Gasteiger partial charge < -0.3 is 30.7 Å². The molecule has 0 bridgehead atoms. The van der Waals surface area contributed by atoms with Crippen LogP contribution in [-0.4, -0.2) is 116 Å². The molecule has 0 aromatic heterocycles. The van der Waals surface area contributed by atoms with Gasteiger partial charge in [0.15, 0.2) is 0 Å². The molecule has 0 spiro atoms. The van der Waals surface area contributed by atoms with Crippen LogP contribution in [0.1, 0.15) is 26.2 Å². The summed E-state index contributed by atoms with van der Waals surface area (Å²) < 4.78 is 4.63. The summed E-state index contributed by atoms with van der Waals surface area (Å²) in [6.45, 7) is 1.19. The normalized spacial score (nSPS) is 20.6. The molecular weight excluding hydrogens is 445 g/mol. The van der Waals surface area contributed by atoms with Crippen LogP contribution in [0.4, 0.5) is 4.79 Å². The van der Waals surface area contributed by atoms with Gasteiger partial charge in [-0.05, 0) is 25.3 Å². The fourth-order valence-electron chi connectivity index (χ4n) is 3.09. The van der Waals surface area contributed by atoms with Crippen molar-refractivity contribution < 1.29 is 44.0 Å². The van der Waals surface area contributed by atoms with Crippen molar-refractivity contribution in [1.82, 2.24) is 15.5 Å².